The van der Waals surface area contributed by atoms with E-state index in [1.807, 2.05) is 39.1 Å². The normalized spacial score (nSPS) is 11.7. The Morgan fingerprint density at radius 2 is 1.53 bits per heavy atom. The fourth-order valence-electron chi connectivity index (χ4n) is 4.20. The third-order valence-electron chi connectivity index (χ3n) is 6.16. The first-order chi connectivity index (χ1) is 15.4. The lowest BCUT2D eigenvalue weighted by atomic mass is 9.86. The maximum Gasteiger partial charge on any atom is 0.111 e. The van der Waals surface area contributed by atoms with Crippen LogP contribution < -0.4 is 0 Å². The van der Waals surface area contributed by atoms with Crippen molar-refractivity contribution in [2.45, 2.75) is 33.1 Å². The molecule has 3 aromatic carbocycles. The summed E-state index contributed by atoms with van der Waals surface area (Å²) in [7, 11) is 0. The number of nitrogens with zero attached hydrogens (tertiary/aromatic N) is 4. The van der Waals surface area contributed by atoms with Gasteiger partial charge in [-0.05, 0) is 68.7 Å². The van der Waals surface area contributed by atoms with Crippen LogP contribution in [0.3, 0.4) is 0 Å². The Morgan fingerprint density at radius 1 is 0.844 bits per heavy atom. The summed E-state index contributed by atoms with van der Waals surface area (Å²) >= 11 is 0. The van der Waals surface area contributed by atoms with Crippen molar-refractivity contribution in [1.29, 1.82) is 5.26 Å². The Bertz CT molecular complexity index is 1500. The molecule has 4 heteroatoms. The van der Waals surface area contributed by atoms with Crippen LogP contribution in [0.2, 0.25) is 0 Å². The minimum Gasteiger partial charge on any atom is -0.296 e. The van der Waals surface area contributed by atoms with Crippen molar-refractivity contribution in [3.63, 3.8) is 0 Å². The van der Waals surface area contributed by atoms with Gasteiger partial charge in [0, 0.05) is 11.1 Å². The molecule has 0 spiro atoms. The van der Waals surface area contributed by atoms with E-state index in [0.717, 1.165) is 44.6 Å². The van der Waals surface area contributed by atoms with Gasteiger partial charge in [-0.2, -0.15) is 5.26 Å². The number of hydrogen-bond donors (Lipinski definition) is 0. The van der Waals surface area contributed by atoms with Gasteiger partial charge >= 0.3 is 0 Å². The SMILES string of the molecule is Cc1ccc(-c2ccc3ncc4nc(C)n(-c5ccc(C(C)(C)C#N)cc5)c4c3c2)cc1. The Labute approximate surface area is 187 Å². The van der Waals surface area contributed by atoms with Gasteiger partial charge in [0.05, 0.1) is 28.7 Å². The van der Waals surface area contributed by atoms with Crippen LogP contribution in [0.1, 0.15) is 30.8 Å². The lowest BCUT2D eigenvalue weighted by Crippen LogP contribution is -2.13. The molecule has 0 bridgehead atoms. The van der Waals surface area contributed by atoms with Crippen molar-refractivity contribution in [3.8, 4) is 22.9 Å². The zero-order chi connectivity index (χ0) is 22.5. The summed E-state index contributed by atoms with van der Waals surface area (Å²) in [6.07, 6.45) is 1.85. The highest BCUT2D eigenvalue weighted by atomic mass is 15.1. The molecule has 0 aliphatic rings. The molecule has 5 rings (SSSR count). The van der Waals surface area contributed by atoms with Crippen LogP contribution >= 0.6 is 0 Å². The summed E-state index contributed by atoms with van der Waals surface area (Å²) in [6.45, 7) is 7.99. The van der Waals surface area contributed by atoms with Crippen molar-refractivity contribution in [2.24, 2.45) is 0 Å². The average Bonchev–Trinajstić information content (AvgIpc) is 3.15. The van der Waals surface area contributed by atoms with Gasteiger partial charge in [-0.3, -0.25) is 9.55 Å². The number of aryl methyl sites for hydroxylation is 2. The minimum absolute atomic E-state index is 0.524. The Balaban J connectivity index is 1.73. The maximum atomic E-state index is 9.47. The van der Waals surface area contributed by atoms with E-state index < -0.39 is 5.41 Å². The van der Waals surface area contributed by atoms with Gasteiger partial charge in [0.2, 0.25) is 0 Å². The monoisotopic (exact) mass is 416 g/mol. The van der Waals surface area contributed by atoms with Gasteiger partial charge in [-0.15, -0.1) is 0 Å². The summed E-state index contributed by atoms with van der Waals surface area (Å²) in [5.74, 6) is 0.905. The largest absolute Gasteiger partial charge is 0.296 e. The molecular formula is C28H24N4. The van der Waals surface area contributed by atoms with E-state index in [1.54, 1.807) is 0 Å². The van der Waals surface area contributed by atoms with Gasteiger partial charge < -0.3 is 0 Å². The van der Waals surface area contributed by atoms with Crippen molar-refractivity contribution in [3.05, 3.63) is 89.9 Å². The molecule has 156 valence electrons. The first-order valence-corrected chi connectivity index (χ1v) is 10.7. The van der Waals surface area contributed by atoms with Crippen LogP contribution in [0.4, 0.5) is 0 Å². The Morgan fingerprint density at radius 3 is 2.22 bits per heavy atom. The smallest absolute Gasteiger partial charge is 0.111 e. The highest BCUT2D eigenvalue weighted by Crippen LogP contribution is 2.32. The molecular weight excluding hydrogens is 392 g/mol. The Hall–Kier alpha value is -3.97. The van der Waals surface area contributed by atoms with E-state index >= 15 is 0 Å². The number of imidazole rings is 1. The minimum atomic E-state index is -0.524. The number of rotatable bonds is 3. The van der Waals surface area contributed by atoms with Gasteiger partial charge in [0.25, 0.3) is 0 Å². The third-order valence-corrected chi connectivity index (χ3v) is 6.16. The van der Waals surface area contributed by atoms with E-state index in [9.17, 15) is 5.26 Å². The second kappa shape index (κ2) is 7.32. The lowest BCUT2D eigenvalue weighted by molar-refractivity contribution is 0.686. The number of fused-ring (bicyclic) bond motifs is 3. The van der Waals surface area contributed by atoms with Crippen LogP contribution in [0.5, 0.6) is 0 Å². The number of nitriles is 1. The number of benzene rings is 3. The third kappa shape index (κ3) is 3.23. The predicted molar refractivity (Wildman–Crippen MR) is 130 cm³/mol. The number of hydrogen-bond acceptors (Lipinski definition) is 3. The molecule has 0 saturated heterocycles. The molecule has 5 aromatic rings. The second-order valence-electron chi connectivity index (χ2n) is 8.87. The van der Waals surface area contributed by atoms with Crippen LogP contribution in [0.25, 0.3) is 38.8 Å². The molecule has 0 amide bonds. The molecule has 0 saturated carbocycles. The molecule has 0 radical (unpaired) electrons. The molecule has 0 fully saturated rings. The summed E-state index contributed by atoms with van der Waals surface area (Å²) in [4.78, 5) is 9.44. The highest BCUT2D eigenvalue weighted by Gasteiger charge is 2.20. The number of pyridine rings is 1. The topological polar surface area (TPSA) is 54.5 Å². The van der Waals surface area contributed by atoms with Crippen LogP contribution in [-0.4, -0.2) is 14.5 Å². The van der Waals surface area contributed by atoms with Crippen LogP contribution in [0.15, 0.2) is 72.9 Å². The molecule has 32 heavy (non-hydrogen) atoms. The summed E-state index contributed by atoms with van der Waals surface area (Å²) in [5, 5.41) is 10.5. The first-order valence-electron chi connectivity index (χ1n) is 10.7. The molecule has 4 nitrogen and oxygen atoms in total. The Kier molecular flexibility index (Phi) is 4.56. The van der Waals surface area contributed by atoms with Crippen LogP contribution in [-0.2, 0) is 5.41 Å². The molecule has 0 unspecified atom stereocenters. The summed E-state index contributed by atoms with van der Waals surface area (Å²) in [5.41, 5.74) is 7.95. The fraction of sp³-hybridized carbons (Fsp3) is 0.179. The molecule has 0 aliphatic carbocycles. The highest BCUT2D eigenvalue weighted by molar-refractivity contribution is 6.04. The maximum absolute atomic E-state index is 9.47. The van der Waals surface area contributed by atoms with Crippen molar-refractivity contribution < 1.29 is 0 Å². The lowest BCUT2D eigenvalue weighted by Gasteiger charge is -2.17. The summed E-state index contributed by atoms with van der Waals surface area (Å²) in [6, 6.07) is 25.6. The molecule has 0 atom stereocenters. The van der Waals surface area contributed by atoms with Gasteiger partial charge in [-0.1, -0.05) is 48.0 Å². The first kappa shape index (κ1) is 20.0. The molecule has 2 aromatic heterocycles. The van der Waals surface area contributed by atoms with Gasteiger partial charge in [0.1, 0.15) is 11.3 Å². The molecule has 0 N–H and O–H groups in total. The van der Waals surface area contributed by atoms with E-state index in [-0.39, 0.29) is 0 Å². The fourth-order valence-corrected chi connectivity index (χ4v) is 4.20. The second-order valence-corrected chi connectivity index (χ2v) is 8.87. The zero-order valence-electron chi connectivity index (χ0n) is 18.7. The van der Waals surface area contributed by atoms with E-state index in [2.05, 4.69) is 77.1 Å². The molecule has 0 aliphatic heterocycles. The van der Waals surface area contributed by atoms with Gasteiger partial charge in [-0.25, -0.2) is 4.98 Å². The van der Waals surface area contributed by atoms with Crippen LogP contribution in [0, 0.1) is 25.2 Å². The van der Waals surface area contributed by atoms with Crippen molar-refractivity contribution in [2.75, 3.05) is 0 Å². The van der Waals surface area contributed by atoms with E-state index in [0.29, 0.717) is 0 Å². The molecule has 2 heterocycles. The van der Waals surface area contributed by atoms with E-state index in [1.165, 1.54) is 11.1 Å². The van der Waals surface area contributed by atoms with Gasteiger partial charge in [0.15, 0.2) is 0 Å². The summed E-state index contributed by atoms with van der Waals surface area (Å²) < 4.78 is 2.18. The predicted octanol–water partition coefficient (Wildman–Crippen LogP) is 6.66. The van der Waals surface area contributed by atoms with Crippen molar-refractivity contribution >= 4 is 21.9 Å². The van der Waals surface area contributed by atoms with Crippen molar-refractivity contribution in [1.82, 2.24) is 14.5 Å². The quantitative estimate of drug-likeness (QED) is 0.330. The zero-order valence-corrected chi connectivity index (χ0v) is 18.7. The van der Waals surface area contributed by atoms with E-state index in [4.69, 9.17) is 4.98 Å². The standard InChI is InChI=1S/C28H24N4/c1-18-5-7-20(8-6-18)21-9-14-25-24(15-21)27-26(16-30-25)31-19(2)32(27)23-12-10-22(11-13-23)28(3,4)17-29/h5-16H,1-4H3. The number of aromatic nitrogens is 3. The average molecular weight is 417 g/mol.